The molecule has 0 aliphatic rings. The van der Waals surface area contributed by atoms with Gasteiger partial charge in [0.1, 0.15) is 5.75 Å². The standard InChI is InChI=1S/C22H25N3O3/c1-16(26)25(18-7-9-19(28-2)10-8-18)14-12-22(27)23-13-11-17-15-24-21-6-4-3-5-20(17)21/h3-10,15,24H,11-14H2,1-2H3,(H,23,27). The number of aromatic amines is 1. The average molecular weight is 379 g/mol. The number of H-pyrrole nitrogens is 1. The van der Waals surface area contributed by atoms with Gasteiger partial charge in [-0.05, 0) is 42.3 Å². The maximum absolute atomic E-state index is 12.2. The summed E-state index contributed by atoms with van der Waals surface area (Å²) in [7, 11) is 1.60. The lowest BCUT2D eigenvalue weighted by atomic mass is 10.1. The Kier molecular flexibility index (Phi) is 6.32. The largest absolute Gasteiger partial charge is 0.497 e. The van der Waals surface area contributed by atoms with Crippen LogP contribution in [0, 0.1) is 0 Å². The Morgan fingerprint density at radius 1 is 1.11 bits per heavy atom. The fourth-order valence-electron chi connectivity index (χ4n) is 3.21. The molecule has 28 heavy (non-hydrogen) atoms. The molecule has 146 valence electrons. The predicted octanol–water partition coefficient (Wildman–Crippen LogP) is 3.28. The number of methoxy groups -OCH3 is 1. The zero-order chi connectivity index (χ0) is 19.9. The van der Waals surface area contributed by atoms with E-state index >= 15 is 0 Å². The molecule has 0 atom stereocenters. The van der Waals surface area contributed by atoms with Crippen LogP contribution in [-0.4, -0.2) is 37.0 Å². The van der Waals surface area contributed by atoms with Crippen LogP contribution >= 0.6 is 0 Å². The van der Waals surface area contributed by atoms with E-state index in [-0.39, 0.29) is 18.2 Å². The number of carbonyl (C=O) groups excluding carboxylic acids is 2. The second-order valence-electron chi connectivity index (χ2n) is 6.58. The minimum absolute atomic E-state index is 0.0698. The smallest absolute Gasteiger partial charge is 0.223 e. The molecule has 2 amide bonds. The van der Waals surface area contributed by atoms with Gasteiger partial charge in [0.05, 0.1) is 7.11 Å². The lowest BCUT2D eigenvalue weighted by Gasteiger charge is -2.21. The van der Waals surface area contributed by atoms with Crippen LogP contribution in [0.5, 0.6) is 5.75 Å². The molecule has 0 aliphatic heterocycles. The van der Waals surface area contributed by atoms with E-state index in [9.17, 15) is 9.59 Å². The monoisotopic (exact) mass is 379 g/mol. The Morgan fingerprint density at radius 3 is 2.57 bits per heavy atom. The van der Waals surface area contributed by atoms with Gasteiger partial charge < -0.3 is 19.9 Å². The van der Waals surface area contributed by atoms with Gasteiger partial charge >= 0.3 is 0 Å². The highest BCUT2D eigenvalue weighted by Crippen LogP contribution is 2.20. The van der Waals surface area contributed by atoms with Gasteiger partial charge in [-0.2, -0.15) is 0 Å². The fourth-order valence-corrected chi connectivity index (χ4v) is 3.21. The van der Waals surface area contributed by atoms with Crippen LogP contribution in [0.1, 0.15) is 18.9 Å². The zero-order valence-electron chi connectivity index (χ0n) is 16.2. The first-order valence-electron chi connectivity index (χ1n) is 9.32. The third-order valence-corrected chi connectivity index (χ3v) is 4.72. The van der Waals surface area contributed by atoms with E-state index < -0.39 is 0 Å². The normalized spacial score (nSPS) is 10.6. The van der Waals surface area contributed by atoms with Crippen LogP contribution in [0.4, 0.5) is 5.69 Å². The minimum Gasteiger partial charge on any atom is -0.497 e. The Bertz CT molecular complexity index is 947. The number of benzene rings is 2. The van der Waals surface area contributed by atoms with Crippen LogP contribution in [0.25, 0.3) is 10.9 Å². The SMILES string of the molecule is COc1ccc(N(CCC(=O)NCCc2c[nH]c3ccccc23)C(C)=O)cc1. The number of nitrogens with one attached hydrogen (secondary N) is 2. The first-order chi connectivity index (χ1) is 13.6. The number of amides is 2. The molecule has 3 rings (SSSR count). The highest BCUT2D eigenvalue weighted by atomic mass is 16.5. The van der Waals surface area contributed by atoms with E-state index in [0.29, 0.717) is 13.1 Å². The summed E-state index contributed by atoms with van der Waals surface area (Å²) in [4.78, 5) is 29.0. The summed E-state index contributed by atoms with van der Waals surface area (Å²) in [6.07, 6.45) is 2.99. The molecule has 1 heterocycles. The molecule has 2 aromatic carbocycles. The summed E-state index contributed by atoms with van der Waals surface area (Å²) in [5, 5.41) is 4.12. The summed E-state index contributed by atoms with van der Waals surface area (Å²) < 4.78 is 5.14. The highest BCUT2D eigenvalue weighted by Gasteiger charge is 2.13. The molecule has 0 saturated carbocycles. The molecule has 0 radical (unpaired) electrons. The lowest BCUT2D eigenvalue weighted by molar-refractivity contribution is -0.121. The number of ether oxygens (including phenoxy) is 1. The number of carbonyl (C=O) groups is 2. The van der Waals surface area contributed by atoms with Crippen molar-refractivity contribution >= 4 is 28.4 Å². The maximum atomic E-state index is 12.2. The van der Waals surface area contributed by atoms with Crippen molar-refractivity contribution in [1.29, 1.82) is 0 Å². The Hall–Kier alpha value is -3.28. The molecular formula is C22H25N3O3. The zero-order valence-corrected chi connectivity index (χ0v) is 16.2. The number of fused-ring (bicyclic) bond motifs is 1. The first kappa shape index (κ1) is 19.5. The van der Waals surface area contributed by atoms with Gasteiger partial charge in [0.25, 0.3) is 0 Å². The number of hydrogen-bond donors (Lipinski definition) is 2. The molecule has 2 N–H and O–H groups in total. The van der Waals surface area contributed by atoms with Gasteiger partial charge in [-0.15, -0.1) is 0 Å². The van der Waals surface area contributed by atoms with E-state index in [1.54, 1.807) is 24.1 Å². The molecule has 6 heteroatoms. The molecule has 0 aliphatic carbocycles. The molecule has 6 nitrogen and oxygen atoms in total. The van der Waals surface area contributed by atoms with Gasteiger partial charge in [-0.1, -0.05) is 18.2 Å². The van der Waals surface area contributed by atoms with Gasteiger partial charge in [0.2, 0.25) is 11.8 Å². The summed E-state index contributed by atoms with van der Waals surface area (Å²) >= 11 is 0. The molecule has 0 bridgehead atoms. The van der Waals surface area contributed by atoms with Gasteiger partial charge in [-0.3, -0.25) is 9.59 Å². The van der Waals surface area contributed by atoms with Crippen molar-refractivity contribution in [2.24, 2.45) is 0 Å². The average Bonchev–Trinajstić information content (AvgIpc) is 3.11. The molecule has 3 aromatic rings. The van der Waals surface area contributed by atoms with Gasteiger partial charge in [0, 0.05) is 49.2 Å². The van der Waals surface area contributed by atoms with E-state index in [1.165, 1.54) is 17.9 Å². The molecule has 0 fully saturated rings. The molecule has 0 saturated heterocycles. The van der Waals surface area contributed by atoms with Crippen LogP contribution in [0.15, 0.2) is 54.7 Å². The van der Waals surface area contributed by atoms with Crippen LogP contribution in [0.2, 0.25) is 0 Å². The lowest BCUT2D eigenvalue weighted by Crippen LogP contribution is -2.34. The summed E-state index contributed by atoms with van der Waals surface area (Å²) in [6.45, 7) is 2.39. The topological polar surface area (TPSA) is 74.4 Å². The van der Waals surface area contributed by atoms with Crippen LogP contribution < -0.4 is 15.0 Å². The van der Waals surface area contributed by atoms with Crippen LogP contribution in [-0.2, 0) is 16.0 Å². The Balaban J connectivity index is 1.49. The predicted molar refractivity (Wildman–Crippen MR) is 111 cm³/mol. The number of nitrogens with zero attached hydrogens (tertiary/aromatic N) is 1. The van der Waals surface area contributed by atoms with Crippen molar-refractivity contribution in [2.75, 3.05) is 25.1 Å². The Morgan fingerprint density at radius 2 is 1.86 bits per heavy atom. The maximum Gasteiger partial charge on any atom is 0.223 e. The number of aromatic nitrogens is 1. The molecule has 1 aromatic heterocycles. The molecule has 0 spiro atoms. The van der Waals surface area contributed by atoms with Crippen molar-refractivity contribution in [3.8, 4) is 5.75 Å². The summed E-state index contributed by atoms with van der Waals surface area (Å²) in [5.41, 5.74) is 3.03. The van der Waals surface area contributed by atoms with Crippen molar-refractivity contribution in [3.05, 3.63) is 60.3 Å². The van der Waals surface area contributed by atoms with Gasteiger partial charge in [-0.25, -0.2) is 0 Å². The fraction of sp³-hybridized carbons (Fsp3) is 0.273. The van der Waals surface area contributed by atoms with Crippen molar-refractivity contribution in [2.45, 2.75) is 19.8 Å². The highest BCUT2D eigenvalue weighted by molar-refractivity contribution is 5.92. The molecular weight excluding hydrogens is 354 g/mol. The third-order valence-electron chi connectivity index (χ3n) is 4.72. The summed E-state index contributed by atoms with van der Waals surface area (Å²) in [5.74, 6) is 0.554. The van der Waals surface area contributed by atoms with Crippen LogP contribution in [0.3, 0.4) is 0 Å². The third kappa shape index (κ3) is 4.71. The van der Waals surface area contributed by atoms with E-state index in [4.69, 9.17) is 4.74 Å². The van der Waals surface area contributed by atoms with Crippen molar-refractivity contribution < 1.29 is 14.3 Å². The van der Waals surface area contributed by atoms with Gasteiger partial charge in [0.15, 0.2) is 0 Å². The number of anilines is 1. The van der Waals surface area contributed by atoms with Crippen molar-refractivity contribution in [1.82, 2.24) is 10.3 Å². The minimum atomic E-state index is -0.100. The van der Waals surface area contributed by atoms with E-state index in [0.717, 1.165) is 23.4 Å². The van der Waals surface area contributed by atoms with E-state index in [2.05, 4.69) is 16.4 Å². The number of rotatable bonds is 8. The number of para-hydroxylation sites is 1. The van der Waals surface area contributed by atoms with Crippen molar-refractivity contribution in [3.63, 3.8) is 0 Å². The van der Waals surface area contributed by atoms with E-state index in [1.807, 2.05) is 36.5 Å². The first-order valence-corrected chi connectivity index (χ1v) is 9.32. The summed E-state index contributed by atoms with van der Waals surface area (Å²) in [6, 6.07) is 15.3. The second-order valence-corrected chi connectivity index (χ2v) is 6.58. The second kappa shape index (κ2) is 9.08. The Labute approximate surface area is 164 Å². The quantitative estimate of drug-likeness (QED) is 0.631. The molecule has 0 unspecified atom stereocenters. The number of hydrogen-bond acceptors (Lipinski definition) is 3.